The van der Waals surface area contributed by atoms with Crippen molar-refractivity contribution in [2.45, 2.75) is 25.0 Å². The smallest absolute Gasteiger partial charge is 0.118 e. The van der Waals surface area contributed by atoms with E-state index in [0.29, 0.717) is 0 Å². The fourth-order valence-corrected chi connectivity index (χ4v) is 2.00. The molecular weight excluding hydrogens is 212 g/mol. The van der Waals surface area contributed by atoms with Crippen molar-refractivity contribution in [1.82, 2.24) is 0 Å². The first-order chi connectivity index (χ1) is 8.33. The van der Waals surface area contributed by atoms with Gasteiger partial charge in [-0.25, -0.2) is 0 Å². The van der Waals surface area contributed by atoms with Gasteiger partial charge in [-0.2, -0.15) is 0 Å². The molecule has 90 valence electrons. The largest absolute Gasteiger partial charge is 0.497 e. The summed E-state index contributed by atoms with van der Waals surface area (Å²) >= 11 is 0. The van der Waals surface area contributed by atoms with Crippen LogP contribution in [0.15, 0.2) is 49.1 Å². The Labute approximate surface area is 103 Å². The summed E-state index contributed by atoms with van der Waals surface area (Å²) in [5.41, 5.74) is 1.20. The monoisotopic (exact) mass is 230 g/mol. The number of rotatable bonds is 4. The Balaban J connectivity index is 2.06. The molecule has 1 aromatic carbocycles. The molecule has 2 heteroatoms. The molecule has 1 heterocycles. The SMILES string of the molecule is C=CC[C@@H]1C=CC[C@@H](c2ccc(OC)cc2)O1. The molecule has 0 aliphatic carbocycles. The van der Waals surface area contributed by atoms with Crippen LogP contribution < -0.4 is 4.74 Å². The van der Waals surface area contributed by atoms with E-state index in [4.69, 9.17) is 9.47 Å². The van der Waals surface area contributed by atoms with Crippen molar-refractivity contribution in [2.75, 3.05) is 7.11 Å². The minimum absolute atomic E-state index is 0.149. The predicted molar refractivity (Wildman–Crippen MR) is 69.2 cm³/mol. The van der Waals surface area contributed by atoms with Crippen molar-refractivity contribution >= 4 is 0 Å². The van der Waals surface area contributed by atoms with Crippen LogP contribution in [-0.2, 0) is 4.74 Å². The molecular formula is C15H18O2. The summed E-state index contributed by atoms with van der Waals surface area (Å²) in [5.74, 6) is 0.878. The molecule has 0 bridgehead atoms. The quantitative estimate of drug-likeness (QED) is 0.735. The van der Waals surface area contributed by atoms with Gasteiger partial charge in [0.05, 0.1) is 19.3 Å². The van der Waals surface area contributed by atoms with E-state index in [-0.39, 0.29) is 12.2 Å². The summed E-state index contributed by atoms with van der Waals surface area (Å²) in [4.78, 5) is 0. The fraction of sp³-hybridized carbons (Fsp3) is 0.333. The van der Waals surface area contributed by atoms with Crippen LogP contribution in [0.3, 0.4) is 0 Å². The zero-order valence-corrected chi connectivity index (χ0v) is 10.1. The van der Waals surface area contributed by atoms with Crippen LogP contribution in [0.1, 0.15) is 24.5 Å². The maximum atomic E-state index is 5.99. The number of hydrogen-bond acceptors (Lipinski definition) is 2. The molecule has 0 amide bonds. The summed E-state index contributed by atoms with van der Waals surface area (Å²) in [6.45, 7) is 3.74. The predicted octanol–water partition coefficient (Wildman–Crippen LogP) is 3.66. The zero-order chi connectivity index (χ0) is 12.1. The summed E-state index contributed by atoms with van der Waals surface area (Å²) in [5, 5.41) is 0. The molecule has 0 fully saturated rings. The van der Waals surface area contributed by atoms with Crippen molar-refractivity contribution in [3.8, 4) is 5.75 Å². The molecule has 1 aromatic rings. The lowest BCUT2D eigenvalue weighted by Crippen LogP contribution is -2.17. The third-order valence-corrected chi connectivity index (χ3v) is 2.93. The normalized spacial score (nSPS) is 23.4. The van der Waals surface area contributed by atoms with Crippen LogP contribution in [0.25, 0.3) is 0 Å². The lowest BCUT2D eigenvalue weighted by Gasteiger charge is -2.25. The molecule has 0 N–H and O–H groups in total. The molecule has 17 heavy (non-hydrogen) atoms. The molecule has 0 unspecified atom stereocenters. The third kappa shape index (κ3) is 2.98. The third-order valence-electron chi connectivity index (χ3n) is 2.93. The summed E-state index contributed by atoms with van der Waals surface area (Å²) < 4.78 is 11.1. The van der Waals surface area contributed by atoms with E-state index in [1.54, 1.807) is 7.11 Å². The molecule has 1 aliphatic rings. The van der Waals surface area contributed by atoms with E-state index < -0.39 is 0 Å². The van der Waals surface area contributed by atoms with Gasteiger partial charge in [0.1, 0.15) is 5.75 Å². The second kappa shape index (κ2) is 5.69. The first-order valence-corrected chi connectivity index (χ1v) is 5.90. The number of hydrogen-bond donors (Lipinski definition) is 0. The molecule has 2 atom stereocenters. The number of ether oxygens (including phenoxy) is 2. The highest BCUT2D eigenvalue weighted by Crippen LogP contribution is 2.29. The molecule has 0 aromatic heterocycles. The van der Waals surface area contributed by atoms with Crippen LogP contribution in [0.4, 0.5) is 0 Å². The van der Waals surface area contributed by atoms with Gasteiger partial charge in [-0.1, -0.05) is 30.4 Å². The highest BCUT2D eigenvalue weighted by Gasteiger charge is 2.18. The van der Waals surface area contributed by atoms with Crippen molar-refractivity contribution in [3.05, 3.63) is 54.6 Å². The van der Waals surface area contributed by atoms with Crippen LogP contribution >= 0.6 is 0 Å². The van der Waals surface area contributed by atoms with E-state index in [2.05, 4.69) is 30.9 Å². The lowest BCUT2D eigenvalue weighted by molar-refractivity contribution is 0.00665. The van der Waals surface area contributed by atoms with Gasteiger partial charge < -0.3 is 9.47 Å². The highest BCUT2D eigenvalue weighted by molar-refractivity contribution is 5.29. The molecule has 0 saturated heterocycles. The standard InChI is InChI=1S/C15H18O2/c1-3-5-14-6-4-7-15(17-14)12-8-10-13(16-2)11-9-12/h3-4,6,8-11,14-15H,1,5,7H2,2H3/t14-,15+/m1/s1. The van der Waals surface area contributed by atoms with Crippen LogP contribution in [0.5, 0.6) is 5.75 Å². The molecule has 2 rings (SSSR count). The zero-order valence-electron chi connectivity index (χ0n) is 10.1. The van der Waals surface area contributed by atoms with Gasteiger partial charge >= 0.3 is 0 Å². The second-order valence-electron chi connectivity index (χ2n) is 4.12. The van der Waals surface area contributed by atoms with Crippen molar-refractivity contribution in [3.63, 3.8) is 0 Å². The first-order valence-electron chi connectivity index (χ1n) is 5.90. The van der Waals surface area contributed by atoms with E-state index in [9.17, 15) is 0 Å². The van der Waals surface area contributed by atoms with Gasteiger partial charge in [0.15, 0.2) is 0 Å². The van der Waals surface area contributed by atoms with Gasteiger partial charge in [0.25, 0.3) is 0 Å². The first kappa shape index (κ1) is 11.9. The second-order valence-corrected chi connectivity index (χ2v) is 4.12. The minimum atomic E-state index is 0.149. The Morgan fingerprint density at radius 3 is 2.82 bits per heavy atom. The molecule has 1 aliphatic heterocycles. The van der Waals surface area contributed by atoms with E-state index in [1.807, 2.05) is 18.2 Å². The average molecular weight is 230 g/mol. The summed E-state index contributed by atoms with van der Waals surface area (Å²) in [6, 6.07) is 8.07. The van der Waals surface area contributed by atoms with Gasteiger partial charge in [-0.05, 0) is 30.5 Å². The molecule has 2 nitrogen and oxygen atoms in total. The average Bonchev–Trinajstić information content (AvgIpc) is 2.40. The Bertz CT molecular complexity index is 392. The molecule has 0 saturated carbocycles. The Kier molecular flexibility index (Phi) is 3.99. The minimum Gasteiger partial charge on any atom is -0.497 e. The van der Waals surface area contributed by atoms with Gasteiger partial charge in [0, 0.05) is 0 Å². The van der Waals surface area contributed by atoms with Gasteiger partial charge in [-0.15, -0.1) is 6.58 Å². The van der Waals surface area contributed by atoms with Crippen molar-refractivity contribution in [2.24, 2.45) is 0 Å². The maximum absolute atomic E-state index is 5.99. The van der Waals surface area contributed by atoms with Crippen LogP contribution in [0.2, 0.25) is 0 Å². The summed E-state index contributed by atoms with van der Waals surface area (Å²) in [6.07, 6.45) is 8.30. The number of methoxy groups -OCH3 is 1. The summed E-state index contributed by atoms with van der Waals surface area (Å²) in [7, 11) is 1.68. The topological polar surface area (TPSA) is 18.5 Å². The van der Waals surface area contributed by atoms with E-state index >= 15 is 0 Å². The maximum Gasteiger partial charge on any atom is 0.118 e. The Hall–Kier alpha value is -1.54. The Morgan fingerprint density at radius 1 is 1.41 bits per heavy atom. The fourth-order valence-electron chi connectivity index (χ4n) is 2.00. The van der Waals surface area contributed by atoms with Gasteiger partial charge in [-0.3, -0.25) is 0 Å². The molecule has 0 radical (unpaired) electrons. The van der Waals surface area contributed by atoms with Crippen LogP contribution in [-0.4, -0.2) is 13.2 Å². The van der Waals surface area contributed by atoms with Crippen molar-refractivity contribution < 1.29 is 9.47 Å². The van der Waals surface area contributed by atoms with Crippen molar-refractivity contribution in [1.29, 1.82) is 0 Å². The van der Waals surface area contributed by atoms with E-state index in [1.165, 1.54) is 5.56 Å². The number of benzene rings is 1. The van der Waals surface area contributed by atoms with E-state index in [0.717, 1.165) is 18.6 Å². The van der Waals surface area contributed by atoms with Crippen LogP contribution in [0, 0.1) is 0 Å². The van der Waals surface area contributed by atoms with Gasteiger partial charge in [0.2, 0.25) is 0 Å². The Morgan fingerprint density at radius 2 is 2.18 bits per heavy atom. The highest BCUT2D eigenvalue weighted by atomic mass is 16.5. The molecule has 0 spiro atoms. The lowest BCUT2D eigenvalue weighted by atomic mass is 10.0.